The molecule has 5 aromatic carbocycles. The first-order chi connectivity index (χ1) is 26.8. The van der Waals surface area contributed by atoms with Crippen LogP contribution in [0.15, 0.2) is 150 Å². The lowest BCUT2D eigenvalue weighted by molar-refractivity contribution is 0.582. The van der Waals surface area contributed by atoms with Crippen molar-refractivity contribution in [2.75, 3.05) is 4.90 Å². The second-order valence-corrected chi connectivity index (χ2v) is 17.7. The zero-order chi connectivity index (χ0) is 37.4. The van der Waals surface area contributed by atoms with E-state index in [1.54, 1.807) is 0 Å². The van der Waals surface area contributed by atoms with E-state index in [9.17, 15) is 0 Å². The Morgan fingerprint density at radius 3 is 1.40 bits per heavy atom. The van der Waals surface area contributed by atoms with E-state index in [0.717, 1.165) is 33.8 Å². The summed E-state index contributed by atoms with van der Waals surface area (Å²) in [5.41, 5.74) is 8.89. The standard InChI is InChI=1S/C48H37N3OS3/c1-48(2,3)36-24-22-35(23-25-36)47-50-49-46(52-47)34-20-14-32(15-21-34)18-28-40-30-42-44(53-40)45-43(55-42)31-41(54-45)29-19-33-16-26-39(27-17-33)51(37-10-6-4-7-11-37)38-12-8-5-9-13-38/h4-31H,1-3H3/b28-18+,29-19+. The first-order valence-corrected chi connectivity index (χ1v) is 20.7. The van der Waals surface area contributed by atoms with Crippen LogP contribution in [0.1, 0.15) is 47.2 Å². The Labute approximate surface area is 333 Å². The molecule has 9 aromatic rings. The lowest BCUT2D eigenvalue weighted by Gasteiger charge is -2.25. The lowest BCUT2D eigenvalue weighted by atomic mass is 9.87. The van der Waals surface area contributed by atoms with Gasteiger partial charge in [0, 0.05) is 47.3 Å². The number of anilines is 3. The largest absolute Gasteiger partial charge is 0.416 e. The molecule has 4 nitrogen and oxygen atoms in total. The van der Waals surface area contributed by atoms with Gasteiger partial charge in [-0.1, -0.05) is 106 Å². The molecule has 0 aliphatic rings. The molecule has 0 saturated carbocycles. The Bertz CT molecular complexity index is 2720. The van der Waals surface area contributed by atoms with E-state index in [-0.39, 0.29) is 5.41 Å². The van der Waals surface area contributed by atoms with Gasteiger partial charge in [0.25, 0.3) is 0 Å². The molecule has 4 heterocycles. The number of hydrogen-bond donors (Lipinski definition) is 0. The molecule has 55 heavy (non-hydrogen) atoms. The van der Waals surface area contributed by atoms with Gasteiger partial charge in [0.15, 0.2) is 0 Å². The number of hydrogen-bond acceptors (Lipinski definition) is 7. The van der Waals surface area contributed by atoms with Gasteiger partial charge in [0.2, 0.25) is 11.8 Å². The molecular formula is C48H37N3OS3. The number of fused-ring (bicyclic) bond motifs is 3. The van der Waals surface area contributed by atoms with Crippen molar-refractivity contribution >= 4 is 94.2 Å². The third-order valence-electron chi connectivity index (χ3n) is 9.50. The van der Waals surface area contributed by atoms with Crippen LogP contribution in [0, 0.1) is 0 Å². The third kappa shape index (κ3) is 7.47. The van der Waals surface area contributed by atoms with Crippen LogP contribution < -0.4 is 4.90 Å². The van der Waals surface area contributed by atoms with E-state index in [1.165, 1.54) is 39.7 Å². The van der Waals surface area contributed by atoms with Crippen molar-refractivity contribution in [3.63, 3.8) is 0 Å². The normalized spacial score (nSPS) is 12.1. The summed E-state index contributed by atoms with van der Waals surface area (Å²) in [7, 11) is 0. The zero-order valence-corrected chi connectivity index (χ0v) is 33.1. The zero-order valence-electron chi connectivity index (χ0n) is 30.6. The van der Waals surface area contributed by atoms with E-state index >= 15 is 0 Å². The van der Waals surface area contributed by atoms with Gasteiger partial charge in [-0.15, -0.1) is 44.2 Å². The summed E-state index contributed by atoms with van der Waals surface area (Å²) in [6.07, 6.45) is 8.82. The van der Waals surface area contributed by atoms with Crippen LogP contribution in [0.4, 0.5) is 17.1 Å². The van der Waals surface area contributed by atoms with Crippen LogP contribution in [0.2, 0.25) is 0 Å². The Morgan fingerprint density at radius 1 is 0.491 bits per heavy atom. The van der Waals surface area contributed by atoms with E-state index in [0.29, 0.717) is 11.8 Å². The van der Waals surface area contributed by atoms with E-state index in [1.807, 2.05) is 58.3 Å². The number of benzene rings is 5. The molecule has 0 bridgehead atoms. The molecule has 0 spiro atoms. The molecule has 0 radical (unpaired) electrons. The summed E-state index contributed by atoms with van der Waals surface area (Å²) in [6, 6.07) is 51.0. The minimum absolute atomic E-state index is 0.0966. The average Bonchev–Trinajstić information content (AvgIpc) is 4.01. The van der Waals surface area contributed by atoms with Gasteiger partial charge in [0.1, 0.15) is 0 Å². The fourth-order valence-corrected chi connectivity index (χ4v) is 10.4. The molecular weight excluding hydrogens is 731 g/mol. The highest BCUT2D eigenvalue weighted by Crippen LogP contribution is 2.44. The monoisotopic (exact) mass is 767 g/mol. The Kier molecular flexibility index (Phi) is 9.36. The highest BCUT2D eigenvalue weighted by Gasteiger charge is 2.16. The van der Waals surface area contributed by atoms with Crippen LogP contribution in [0.25, 0.3) is 66.0 Å². The van der Waals surface area contributed by atoms with Gasteiger partial charge in [-0.2, -0.15) is 0 Å². The van der Waals surface area contributed by atoms with Gasteiger partial charge in [-0.3, -0.25) is 0 Å². The van der Waals surface area contributed by atoms with E-state index in [2.05, 4.69) is 181 Å². The number of rotatable bonds is 9. The highest BCUT2D eigenvalue weighted by atomic mass is 32.1. The molecule has 7 heteroatoms. The van der Waals surface area contributed by atoms with Crippen molar-refractivity contribution in [2.45, 2.75) is 26.2 Å². The molecule has 0 N–H and O–H groups in total. The molecule has 0 saturated heterocycles. The molecule has 4 aromatic heterocycles. The van der Waals surface area contributed by atoms with Crippen molar-refractivity contribution in [1.29, 1.82) is 0 Å². The minimum Gasteiger partial charge on any atom is -0.416 e. The van der Waals surface area contributed by atoms with Gasteiger partial charge >= 0.3 is 0 Å². The summed E-state index contributed by atoms with van der Waals surface area (Å²) in [4.78, 5) is 4.80. The number of thiophene rings is 3. The fraction of sp³-hybridized carbons (Fsp3) is 0.0833. The van der Waals surface area contributed by atoms with Crippen LogP contribution in [0.3, 0.4) is 0 Å². The van der Waals surface area contributed by atoms with E-state index < -0.39 is 0 Å². The van der Waals surface area contributed by atoms with Crippen LogP contribution in [-0.4, -0.2) is 10.2 Å². The van der Waals surface area contributed by atoms with Crippen molar-refractivity contribution in [3.8, 4) is 22.9 Å². The first-order valence-electron chi connectivity index (χ1n) is 18.2. The number of para-hydroxylation sites is 2. The maximum absolute atomic E-state index is 6.05. The molecule has 0 amide bonds. The van der Waals surface area contributed by atoms with Gasteiger partial charge in [-0.05, 0) is 107 Å². The van der Waals surface area contributed by atoms with Crippen LogP contribution in [0.5, 0.6) is 0 Å². The fourth-order valence-electron chi connectivity index (χ4n) is 6.53. The Hall–Kier alpha value is -5.86. The summed E-state index contributed by atoms with van der Waals surface area (Å²) >= 11 is 5.60. The van der Waals surface area contributed by atoms with Gasteiger partial charge in [0.05, 0.1) is 9.40 Å². The summed E-state index contributed by atoms with van der Waals surface area (Å²) < 4.78 is 11.5. The van der Waals surface area contributed by atoms with Crippen molar-refractivity contribution in [1.82, 2.24) is 10.2 Å². The Morgan fingerprint density at radius 2 is 0.927 bits per heavy atom. The first kappa shape index (κ1) is 34.9. The predicted molar refractivity (Wildman–Crippen MR) is 238 cm³/mol. The van der Waals surface area contributed by atoms with Crippen molar-refractivity contribution < 1.29 is 4.42 Å². The smallest absolute Gasteiger partial charge is 0.248 e. The predicted octanol–water partition coefficient (Wildman–Crippen LogP) is 15.0. The summed E-state index contributed by atoms with van der Waals surface area (Å²) in [6.45, 7) is 6.62. The van der Waals surface area contributed by atoms with E-state index in [4.69, 9.17) is 4.42 Å². The molecule has 0 unspecified atom stereocenters. The second kappa shape index (κ2) is 14.8. The lowest BCUT2D eigenvalue weighted by Crippen LogP contribution is -2.10. The van der Waals surface area contributed by atoms with Gasteiger partial charge < -0.3 is 9.32 Å². The molecule has 0 aliphatic carbocycles. The quantitative estimate of drug-likeness (QED) is 0.147. The second-order valence-electron chi connectivity index (χ2n) is 14.4. The molecule has 0 aliphatic heterocycles. The third-order valence-corrected chi connectivity index (χ3v) is 13.2. The topological polar surface area (TPSA) is 42.2 Å². The van der Waals surface area contributed by atoms with Crippen LogP contribution in [-0.2, 0) is 5.41 Å². The van der Waals surface area contributed by atoms with Crippen molar-refractivity contribution in [3.05, 3.63) is 172 Å². The summed E-state index contributed by atoms with van der Waals surface area (Å²) in [5.74, 6) is 1.05. The molecule has 0 atom stereocenters. The summed E-state index contributed by atoms with van der Waals surface area (Å²) in [5, 5.41) is 8.63. The highest BCUT2D eigenvalue weighted by molar-refractivity contribution is 7.38. The van der Waals surface area contributed by atoms with Crippen molar-refractivity contribution in [2.24, 2.45) is 0 Å². The number of aromatic nitrogens is 2. The van der Waals surface area contributed by atoms with Crippen LogP contribution >= 0.6 is 34.0 Å². The molecule has 0 fully saturated rings. The molecule has 268 valence electrons. The maximum Gasteiger partial charge on any atom is 0.248 e. The Balaban J connectivity index is 0.868. The SMILES string of the molecule is CC(C)(C)c1ccc(-c2nnc(-c3ccc(/C=C/c4cc5sc6cc(/C=C/c7ccc(N(c8ccccc8)c8ccccc8)cc7)sc6c5s4)cc3)o2)cc1. The average molecular weight is 768 g/mol. The molecule has 9 rings (SSSR count). The minimum atomic E-state index is 0.0966. The maximum atomic E-state index is 6.05. The number of nitrogens with zero attached hydrogens (tertiary/aromatic N) is 3. The van der Waals surface area contributed by atoms with Gasteiger partial charge in [-0.25, -0.2) is 0 Å².